The topological polar surface area (TPSA) is 37.8 Å². The Morgan fingerprint density at radius 2 is 2.00 bits per heavy atom. The van der Waals surface area contributed by atoms with Crippen LogP contribution in [0, 0.1) is 0 Å². The van der Waals surface area contributed by atoms with E-state index in [1.54, 1.807) is 12.5 Å². The molecular formula is C14H15N3. The van der Waals surface area contributed by atoms with Gasteiger partial charge in [-0.3, -0.25) is 0 Å². The first kappa shape index (κ1) is 11.5. The molecule has 2 aromatic rings. The van der Waals surface area contributed by atoms with Crippen molar-refractivity contribution in [1.29, 1.82) is 0 Å². The van der Waals surface area contributed by atoms with E-state index in [0.717, 1.165) is 24.4 Å². The zero-order chi connectivity index (χ0) is 11.9. The zero-order valence-corrected chi connectivity index (χ0v) is 9.63. The van der Waals surface area contributed by atoms with Gasteiger partial charge in [0.2, 0.25) is 0 Å². The molecule has 0 aliphatic carbocycles. The maximum absolute atomic E-state index is 4.15. The van der Waals surface area contributed by atoms with Crippen molar-refractivity contribution >= 4 is 5.57 Å². The van der Waals surface area contributed by atoms with Crippen molar-refractivity contribution in [2.45, 2.75) is 6.54 Å². The Morgan fingerprint density at radius 1 is 1.18 bits per heavy atom. The van der Waals surface area contributed by atoms with Crippen LogP contribution in [0.2, 0.25) is 0 Å². The molecule has 0 fully saturated rings. The van der Waals surface area contributed by atoms with Crippen molar-refractivity contribution in [1.82, 2.24) is 15.3 Å². The lowest BCUT2D eigenvalue weighted by molar-refractivity contribution is 0.744. The number of rotatable bonds is 5. The molecule has 0 aliphatic heterocycles. The van der Waals surface area contributed by atoms with Crippen molar-refractivity contribution in [2.75, 3.05) is 6.54 Å². The fraction of sp³-hybridized carbons (Fsp3) is 0.143. The standard InChI is InChI=1S/C14H15N3/c1-12(13-5-3-2-4-6-13)9-16-10-14-7-8-15-11-17-14/h2-8,11,16H,1,9-10H2. The minimum absolute atomic E-state index is 0.731. The summed E-state index contributed by atoms with van der Waals surface area (Å²) in [4.78, 5) is 8.02. The molecule has 0 aliphatic rings. The third kappa shape index (κ3) is 3.50. The van der Waals surface area contributed by atoms with E-state index in [1.807, 2.05) is 24.3 Å². The van der Waals surface area contributed by atoms with Crippen LogP contribution < -0.4 is 5.32 Å². The molecule has 3 nitrogen and oxygen atoms in total. The van der Waals surface area contributed by atoms with E-state index >= 15 is 0 Å². The molecule has 0 amide bonds. The van der Waals surface area contributed by atoms with Gasteiger partial charge in [0, 0.05) is 19.3 Å². The first-order valence-electron chi connectivity index (χ1n) is 5.55. The van der Waals surface area contributed by atoms with Gasteiger partial charge in [-0.2, -0.15) is 0 Å². The fourth-order valence-electron chi connectivity index (χ4n) is 1.54. The molecule has 2 rings (SSSR count). The Labute approximate surface area is 101 Å². The quantitative estimate of drug-likeness (QED) is 0.848. The summed E-state index contributed by atoms with van der Waals surface area (Å²) in [6.07, 6.45) is 3.30. The smallest absolute Gasteiger partial charge is 0.115 e. The number of nitrogens with one attached hydrogen (secondary N) is 1. The largest absolute Gasteiger partial charge is 0.307 e. The molecule has 86 valence electrons. The second kappa shape index (κ2) is 5.92. The first-order chi connectivity index (χ1) is 8.36. The molecule has 0 spiro atoms. The van der Waals surface area contributed by atoms with Gasteiger partial charge in [-0.1, -0.05) is 36.9 Å². The van der Waals surface area contributed by atoms with Crippen LogP contribution in [-0.2, 0) is 6.54 Å². The SMILES string of the molecule is C=C(CNCc1ccncn1)c1ccccc1. The van der Waals surface area contributed by atoms with E-state index in [9.17, 15) is 0 Å². The van der Waals surface area contributed by atoms with Crippen LogP contribution in [0.5, 0.6) is 0 Å². The highest BCUT2D eigenvalue weighted by Crippen LogP contribution is 2.09. The van der Waals surface area contributed by atoms with Crippen LogP contribution in [0.1, 0.15) is 11.3 Å². The molecule has 1 N–H and O–H groups in total. The second-order valence-corrected chi connectivity index (χ2v) is 3.77. The summed E-state index contributed by atoms with van der Waals surface area (Å²) >= 11 is 0. The fourth-order valence-corrected chi connectivity index (χ4v) is 1.54. The summed E-state index contributed by atoms with van der Waals surface area (Å²) in [5, 5.41) is 3.31. The van der Waals surface area contributed by atoms with Crippen LogP contribution in [-0.4, -0.2) is 16.5 Å². The van der Waals surface area contributed by atoms with Gasteiger partial charge in [-0.05, 0) is 17.2 Å². The van der Waals surface area contributed by atoms with E-state index in [-0.39, 0.29) is 0 Å². The van der Waals surface area contributed by atoms with Crippen LogP contribution in [0.25, 0.3) is 5.57 Å². The lowest BCUT2D eigenvalue weighted by Crippen LogP contribution is -2.16. The van der Waals surface area contributed by atoms with E-state index in [4.69, 9.17) is 0 Å². The number of nitrogens with zero attached hydrogens (tertiary/aromatic N) is 2. The first-order valence-corrected chi connectivity index (χ1v) is 5.55. The van der Waals surface area contributed by atoms with Crippen LogP contribution in [0.15, 0.2) is 55.5 Å². The van der Waals surface area contributed by atoms with Crippen molar-refractivity contribution in [3.8, 4) is 0 Å². The van der Waals surface area contributed by atoms with Gasteiger partial charge in [0.25, 0.3) is 0 Å². The summed E-state index contributed by atoms with van der Waals surface area (Å²) in [6.45, 7) is 5.55. The van der Waals surface area contributed by atoms with E-state index in [1.165, 1.54) is 5.56 Å². The number of aromatic nitrogens is 2. The van der Waals surface area contributed by atoms with Gasteiger partial charge in [0.1, 0.15) is 6.33 Å². The van der Waals surface area contributed by atoms with Crippen molar-refractivity contribution < 1.29 is 0 Å². The van der Waals surface area contributed by atoms with Crippen LogP contribution >= 0.6 is 0 Å². The van der Waals surface area contributed by atoms with Gasteiger partial charge in [0.05, 0.1) is 5.69 Å². The maximum Gasteiger partial charge on any atom is 0.115 e. The molecule has 17 heavy (non-hydrogen) atoms. The Balaban J connectivity index is 1.82. The maximum atomic E-state index is 4.15. The highest BCUT2D eigenvalue weighted by molar-refractivity contribution is 5.64. The van der Waals surface area contributed by atoms with E-state index < -0.39 is 0 Å². The number of hydrogen-bond donors (Lipinski definition) is 1. The predicted octanol–water partition coefficient (Wildman–Crippen LogP) is 2.28. The highest BCUT2D eigenvalue weighted by Gasteiger charge is 1.98. The summed E-state index contributed by atoms with van der Waals surface area (Å²) in [7, 11) is 0. The van der Waals surface area contributed by atoms with Gasteiger partial charge in [0.15, 0.2) is 0 Å². The number of benzene rings is 1. The van der Waals surface area contributed by atoms with Crippen molar-refractivity contribution in [2.24, 2.45) is 0 Å². The zero-order valence-electron chi connectivity index (χ0n) is 9.63. The summed E-state index contributed by atoms with van der Waals surface area (Å²) in [5.74, 6) is 0. The molecule has 1 aromatic heterocycles. The molecular weight excluding hydrogens is 210 g/mol. The van der Waals surface area contributed by atoms with Gasteiger partial charge >= 0.3 is 0 Å². The third-order valence-electron chi connectivity index (χ3n) is 2.47. The molecule has 0 saturated heterocycles. The summed E-state index contributed by atoms with van der Waals surface area (Å²) in [6, 6.07) is 12.1. The van der Waals surface area contributed by atoms with E-state index in [2.05, 4.69) is 34.0 Å². The monoisotopic (exact) mass is 225 g/mol. The van der Waals surface area contributed by atoms with Gasteiger partial charge in [-0.15, -0.1) is 0 Å². The molecule has 1 aromatic carbocycles. The Morgan fingerprint density at radius 3 is 2.71 bits per heavy atom. The minimum atomic E-state index is 0.731. The minimum Gasteiger partial charge on any atom is -0.307 e. The molecule has 0 radical (unpaired) electrons. The summed E-state index contributed by atoms with van der Waals surface area (Å²) in [5.41, 5.74) is 3.24. The molecule has 1 heterocycles. The normalized spacial score (nSPS) is 10.1. The third-order valence-corrected chi connectivity index (χ3v) is 2.47. The average Bonchev–Trinajstić information content (AvgIpc) is 2.41. The second-order valence-electron chi connectivity index (χ2n) is 3.77. The molecule has 0 saturated carbocycles. The van der Waals surface area contributed by atoms with Crippen molar-refractivity contribution in [3.05, 3.63) is 66.8 Å². The Hall–Kier alpha value is -2.00. The molecule has 0 unspecified atom stereocenters. The van der Waals surface area contributed by atoms with Gasteiger partial charge in [-0.25, -0.2) is 9.97 Å². The number of hydrogen-bond acceptors (Lipinski definition) is 3. The van der Waals surface area contributed by atoms with Gasteiger partial charge < -0.3 is 5.32 Å². The van der Waals surface area contributed by atoms with Crippen LogP contribution in [0.3, 0.4) is 0 Å². The Bertz CT molecular complexity index is 465. The lowest BCUT2D eigenvalue weighted by atomic mass is 10.1. The summed E-state index contributed by atoms with van der Waals surface area (Å²) < 4.78 is 0. The molecule has 0 bridgehead atoms. The average molecular weight is 225 g/mol. The predicted molar refractivity (Wildman–Crippen MR) is 69.2 cm³/mol. The molecule has 3 heteroatoms. The Kier molecular flexibility index (Phi) is 4.00. The lowest BCUT2D eigenvalue weighted by Gasteiger charge is -2.07. The van der Waals surface area contributed by atoms with Crippen LogP contribution in [0.4, 0.5) is 0 Å². The molecule has 0 atom stereocenters. The van der Waals surface area contributed by atoms with E-state index in [0.29, 0.717) is 0 Å². The highest BCUT2D eigenvalue weighted by atomic mass is 14.9. The van der Waals surface area contributed by atoms with Crippen molar-refractivity contribution in [3.63, 3.8) is 0 Å².